The van der Waals surface area contributed by atoms with Crippen LogP contribution in [0.15, 0.2) is 66.2 Å². The number of halogens is 2. The summed E-state index contributed by atoms with van der Waals surface area (Å²) in [5.41, 5.74) is 1.67. The predicted octanol–water partition coefficient (Wildman–Crippen LogP) is 4.54. The Morgan fingerprint density at radius 2 is 1.96 bits per heavy atom. The zero-order valence-electron chi connectivity index (χ0n) is 14.1. The number of aromatic nitrogens is 3. The van der Waals surface area contributed by atoms with E-state index in [1.54, 1.807) is 23.1 Å². The SMILES string of the molecule is Clc1ccc(/C(Cn2cncn2)=N\CCCOc2ccccc2)c(Cl)c1. The van der Waals surface area contributed by atoms with E-state index in [0.717, 1.165) is 23.4 Å². The molecule has 0 aliphatic carbocycles. The van der Waals surface area contributed by atoms with Gasteiger partial charge in [0.25, 0.3) is 0 Å². The molecule has 0 saturated heterocycles. The van der Waals surface area contributed by atoms with Crippen molar-refractivity contribution in [2.45, 2.75) is 13.0 Å². The second-order valence-electron chi connectivity index (χ2n) is 5.56. The van der Waals surface area contributed by atoms with E-state index in [0.29, 0.717) is 29.7 Å². The van der Waals surface area contributed by atoms with Gasteiger partial charge in [-0.3, -0.25) is 4.99 Å². The Morgan fingerprint density at radius 3 is 2.69 bits per heavy atom. The van der Waals surface area contributed by atoms with Crippen molar-refractivity contribution in [3.8, 4) is 5.75 Å². The third-order valence-electron chi connectivity index (χ3n) is 3.64. The number of nitrogens with zero attached hydrogens (tertiary/aromatic N) is 4. The fourth-order valence-corrected chi connectivity index (χ4v) is 2.91. The van der Waals surface area contributed by atoms with Crippen molar-refractivity contribution < 1.29 is 4.74 Å². The number of ether oxygens (including phenoxy) is 1. The molecular weight excluding hydrogens is 371 g/mol. The lowest BCUT2D eigenvalue weighted by Crippen LogP contribution is -2.14. The summed E-state index contributed by atoms with van der Waals surface area (Å²) in [5, 5.41) is 5.30. The number of para-hydroxylation sites is 1. The summed E-state index contributed by atoms with van der Waals surface area (Å²) >= 11 is 12.3. The highest BCUT2D eigenvalue weighted by molar-refractivity contribution is 6.37. The van der Waals surface area contributed by atoms with Crippen molar-refractivity contribution in [1.82, 2.24) is 14.8 Å². The minimum absolute atomic E-state index is 0.487. The highest BCUT2D eigenvalue weighted by atomic mass is 35.5. The summed E-state index contributed by atoms with van der Waals surface area (Å²) in [6, 6.07) is 15.1. The lowest BCUT2D eigenvalue weighted by molar-refractivity contribution is 0.313. The van der Waals surface area contributed by atoms with Crippen LogP contribution in [0, 0.1) is 0 Å². The standard InChI is InChI=1S/C19H18Cl2N4O/c20-15-7-8-17(18(21)11-15)19(12-25-14-22-13-24-25)23-9-4-10-26-16-5-2-1-3-6-16/h1-3,5-8,11,13-14H,4,9-10,12H2/b23-19-. The average Bonchev–Trinajstić information content (AvgIpc) is 3.15. The van der Waals surface area contributed by atoms with Crippen molar-refractivity contribution in [1.29, 1.82) is 0 Å². The fraction of sp³-hybridized carbons (Fsp3) is 0.211. The zero-order valence-corrected chi connectivity index (χ0v) is 15.6. The first-order valence-electron chi connectivity index (χ1n) is 8.21. The van der Waals surface area contributed by atoms with Crippen LogP contribution in [0.1, 0.15) is 12.0 Å². The topological polar surface area (TPSA) is 52.3 Å². The smallest absolute Gasteiger partial charge is 0.137 e. The van der Waals surface area contributed by atoms with E-state index in [4.69, 9.17) is 32.9 Å². The molecule has 0 unspecified atom stereocenters. The first kappa shape index (κ1) is 18.4. The van der Waals surface area contributed by atoms with Gasteiger partial charge in [0, 0.05) is 23.6 Å². The summed E-state index contributed by atoms with van der Waals surface area (Å²) in [5.74, 6) is 0.861. The number of benzene rings is 2. The second kappa shape index (κ2) is 9.36. The molecule has 3 aromatic rings. The highest BCUT2D eigenvalue weighted by Crippen LogP contribution is 2.22. The number of hydrogen-bond donors (Lipinski definition) is 0. The molecule has 7 heteroatoms. The maximum absolute atomic E-state index is 6.35. The van der Waals surface area contributed by atoms with Gasteiger partial charge >= 0.3 is 0 Å². The lowest BCUT2D eigenvalue weighted by Gasteiger charge is -2.10. The van der Waals surface area contributed by atoms with Crippen LogP contribution >= 0.6 is 23.2 Å². The third kappa shape index (κ3) is 5.31. The normalized spacial score (nSPS) is 11.5. The molecule has 2 aromatic carbocycles. The molecule has 0 aliphatic rings. The van der Waals surface area contributed by atoms with E-state index < -0.39 is 0 Å². The molecule has 1 aromatic heterocycles. The van der Waals surface area contributed by atoms with Crippen molar-refractivity contribution in [2.75, 3.05) is 13.2 Å². The molecule has 0 radical (unpaired) electrons. The second-order valence-corrected chi connectivity index (χ2v) is 6.40. The summed E-state index contributed by atoms with van der Waals surface area (Å²) in [7, 11) is 0. The Bertz CT molecular complexity index is 851. The molecule has 0 bridgehead atoms. The Hall–Kier alpha value is -2.37. The quantitative estimate of drug-likeness (QED) is 0.420. The van der Waals surface area contributed by atoms with Gasteiger partial charge in [0.05, 0.1) is 23.9 Å². The van der Waals surface area contributed by atoms with Crippen LogP contribution < -0.4 is 4.74 Å². The zero-order chi connectivity index (χ0) is 18.2. The van der Waals surface area contributed by atoms with Crippen LogP contribution in [0.2, 0.25) is 10.0 Å². The molecular formula is C19H18Cl2N4O. The molecule has 5 nitrogen and oxygen atoms in total. The van der Waals surface area contributed by atoms with Crippen molar-refractivity contribution in [3.63, 3.8) is 0 Å². The third-order valence-corrected chi connectivity index (χ3v) is 4.19. The monoisotopic (exact) mass is 388 g/mol. The summed E-state index contributed by atoms with van der Waals surface area (Å²) in [6.45, 7) is 1.70. The fourth-order valence-electron chi connectivity index (χ4n) is 2.40. The van der Waals surface area contributed by atoms with Crippen LogP contribution in [0.4, 0.5) is 0 Å². The van der Waals surface area contributed by atoms with E-state index in [9.17, 15) is 0 Å². The van der Waals surface area contributed by atoms with E-state index in [1.165, 1.54) is 6.33 Å². The molecule has 0 aliphatic heterocycles. The summed E-state index contributed by atoms with van der Waals surface area (Å²) in [6.07, 6.45) is 3.94. The van der Waals surface area contributed by atoms with E-state index in [-0.39, 0.29) is 0 Å². The minimum atomic E-state index is 0.487. The van der Waals surface area contributed by atoms with Crippen molar-refractivity contribution >= 4 is 28.9 Å². The van der Waals surface area contributed by atoms with Gasteiger partial charge in [-0.15, -0.1) is 0 Å². The maximum atomic E-state index is 6.35. The molecule has 0 spiro atoms. The van der Waals surface area contributed by atoms with Gasteiger partial charge in [-0.25, -0.2) is 9.67 Å². The highest BCUT2D eigenvalue weighted by Gasteiger charge is 2.10. The largest absolute Gasteiger partial charge is 0.494 e. The molecule has 26 heavy (non-hydrogen) atoms. The van der Waals surface area contributed by atoms with Crippen LogP contribution in [-0.4, -0.2) is 33.6 Å². The Kier molecular flexibility index (Phi) is 6.63. The van der Waals surface area contributed by atoms with Gasteiger partial charge in [0.1, 0.15) is 18.4 Å². The van der Waals surface area contributed by atoms with Gasteiger partial charge in [-0.1, -0.05) is 47.5 Å². The lowest BCUT2D eigenvalue weighted by atomic mass is 10.1. The van der Waals surface area contributed by atoms with Gasteiger partial charge in [-0.05, 0) is 24.3 Å². The van der Waals surface area contributed by atoms with Gasteiger partial charge in [0.2, 0.25) is 0 Å². The van der Waals surface area contributed by atoms with Gasteiger partial charge in [-0.2, -0.15) is 5.10 Å². The van der Waals surface area contributed by atoms with E-state index in [1.807, 2.05) is 36.4 Å². The molecule has 0 saturated carbocycles. The molecule has 0 fully saturated rings. The van der Waals surface area contributed by atoms with Crippen LogP contribution in [0.3, 0.4) is 0 Å². The van der Waals surface area contributed by atoms with Crippen molar-refractivity contribution in [2.24, 2.45) is 4.99 Å². The Morgan fingerprint density at radius 1 is 1.12 bits per heavy atom. The first-order valence-corrected chi connectivity index (χ1v) is 8.97. The van der Waals surface area contributed by atoms with Crippen molar-refractivity contribution in [3.05, 3.63) is 76.8 Å². The van der Waals surface area contributed by atoms with Gasteiger partial charge < -0.3 is 4.74 Å². The Balaban J connectivity index is 1.65. The minimum Gasteiger partial charge on any atom is -0.494 e. The van der Waals surface area contributed by atoms with Gasteiger partial charge in [0.15, 0.2) is 0 Å². The predicted molar refractivity (Wildman–Crippen MR) is 104 cm³/mol. The number of aliphatic imine (C=N–C) groups is 1. The van der Waals surface area contributed by atoms with E-state index >= 15 is 0 Å². The Labute approximate surface area is 162 Å². The van der Waals surface area contributed by atoms with E-state index in [2.05, 4.69) is 10.1 Å². The number of rotatable bonds is 8. The molecule has 0 amide bonds. The average molecular weight is 389 g/mol. The molecule has 0 atom stereocenters. The molecule has 3 rings (SSSR count). The maximum Gasteiger partial charge on any atom is 0.137 e. The van der Waals surface area contributed by atoms with Crippen LogP contribution in [0.5, 0.6) is 5.75 Å². The molecule has 1 heterocycles. The van der Waals surface area contributed by atoms with Crippen LogP contribution in [-0.2, 0) is 6.54 Å². The number of hydrogen-bond acceptors (Lipinski definition) is 4. The van der Waals surface area contributed by atoms with Crippen LogP contribution in [0.25, 0.3) is 0 Å². The molecule has 134 valence electrons. The first-order chi connectivity index (χ1) is 12.7. The molecule has 0 N–H and O–H groups in total. The summed E-state index contributed by atoms with van der Waals surface area (Å²) < 4.78 is 7.41. The summed E-state index contributed by atoms with van der Waals surface area (Å²) in [4.78, 5) is 8.68.